The number of amides is 1. The monoisotopic (exact) mass is 691 g/mol. The molecule has 1 amide bonds. The normalized spacial score (nSPS) is 39.5. The molecule has 6 rings (SSSR count). The molecule has 1 saturated heterocycles. The SMILES string of the molecule is COC(=O)CNC(=O)CCC(C)C1CC[C@H]2[C@@H]3[C@H](OC(C)=O)C[C@@H]4CC5(CC[C@]4(C)[C@H]3C[C@H](OC(C)=O)[C@]12C)OOC1(CCCCC1)OO5. The molecule has 0 aromatic carbocycles. The molecule has 1 aliphatic heterocycles. The summed E-state index contributed by atoms with van der Waals surface area (Å²) in [6.45, 7) is 9.62. The van der Waals surface area contributed by atoms with Gasteiger partial charge in [-0.25, -0.2) is 0 Å². The lowest BCUT2D eigenvalue weighted by Crippen LogP contribution is -2.65. The first-order valence-corrected chi connectivity index (χ1v) is 18.7. The van der Waals surface area contributed by atoms with Gasteiger partial charge >= 0.3 is 17.9 Å². The molecule has 49 heavy (non-hydrogen) atoms. The summed E-state index contributed by atoms with van der Waals surface area (Å²) < 4.78 is 17.2. The number of methoxy groups -OCH3 is 1. The predicted molar refractivity (Wildman–Crippen MR) is 173 cm³/mol. The zero-order chi connectivity index (χ0) is 35.2. The van der Waals surface area contributed by atoms with Gasteiger partial charge in [0, 0.05) is 57.3 Å². The number of hydrogen-bond acceptors (Lipinski definition) is 11. The summed E-state index contributed by atoms with van der Waals surface area (Å²) >= 11 is 0. The first-order valence-electron chi connectivity index (χ1n) is 18.7. The second-order valence-electron chi connectivity index (χ2n) is 16.5. The van der Waals surface area contributed by atoms with Crippen LogP contribution >= 0.6 is 0 Å². The van der Waals surface area contributed by atoms with Gasteiger partial charge in [0.2, 0.25) is 17.5 Å². The summed E-state index contributed by atoms with van der Waals surface area (Å²) in [5, 5.41) is 2.64. The Bertz CT molecular complexity index is 1260. The summed E-state index contributed by atoms with van der Waals surface area (Å²) in [6, 6.07) is 0. The number of ether oxygens (including phenoxy) is 3. The van der Waals surface area contributed by atoms with E-state index in [0.29, 0.717) is 32.1 Å². The van der Waals surface area contributed by atoms with Crippen molar-refractivity contribution in [3.05, 3.63) is 0 Å². The zero-order valence-electron chi connectivity index (χ0n) is 30.2. The average Bonchev–Trinajstić information content (AvgIpc) is 3.43. The van der Waals surface area contributed by atoms with Crippen molar-refractivity contribution in [2.75, 3.05) is 13.7 Å². The van der Waals surface area contributed by atoms with E-state index in [-0.39, 0.29) is 89.4 Å². The molecule has 276 valence electrons. The molecule has 1 N–H and O–H groups in total. The Kier molecular flexibility index (Phi) is 10.5. The molecular weight excluding hydrogens is 634 g/mol. The number of nitrogens with one attached hydrogen (secondary N) is 1. The van der Waals surface area contributed by atoms with Crippen LogP contribution in [0.4, 0.5) is 0 Å². The molecular formula is C37H57NO11. The first-order chi connectivity index (χ1) is 23.2. The van der Waals surface area contributed by atoms with Crippen LogP contribution < -0.4 is 5.32 Å². The molecule has 6 fully saturated rings. The van der Waals surface area contributed by atoms with Crippen molar-refractivity contribution >= 4 is 23.8 Å². The zero-order valence-corrected chi connectivity index (χ0v) is 30.2. The minimum absolute atomic E-state index is 0.0985. The quantitative estimate of drug-likeness (QED) is 0.190. The van der Waals surface area contributed by atoms with Crippen LogP contribution in [0.2, 0.25) is 0 Å². The largest absolute Gasteiger partial charge is 0.468 e. The van der Waals surface area contributed by atoms with Crippen molar-refractivity contribution in [3.63, 3.8) is 0 Å². The highest BCUT2D eigenvalue weighted by molar-refractivity contribution is 5.81. The van der Waals surface area contributed by atoms with E-state index < -0.39 is 17.5 Å². The number of fused-ring (bicyclic) bond motifs is 5. The van der Waals surface area contributed by atoms with Crippen molar-refractivity contribution in [1.82, 2.24) is 5.32 Å². The molecule has 0 aromatic heterocycles. The fourth-order valence-electron chi connectivity index (χ4n) is 11.4. The lowest BCUT2D eigenvalue weighted by molar-refractivity contribution is -0.665. The fraction of sp³-hybridized carbons (Fsp3) is 0.892. The maximum absolute atomic E-state index is 12.7. The van der Waals surface area contributed by atoms with Crippen molar-refractivity contribution in [1.29, 1.82) is 0 Å². The van der Waals surface area contributed by atoms with E-state index in [4.69, 9.17) is 29.0 Å². The predicted octanol–water partition coefficient (Wildman–Crippen LogP) is 5.70. The van der Waals surface area contributed by atoms with Crippen LogP contribution in [-0.2, 0) is 52.9 Å². The second-order valence-corrected chi connectivity index (χ2v) is 16.5. The summed E-state index contributed by atoms with van der Waals surface area (Å²) in [4.78, 5) is 73.8. The van der Waals surface area contributed by atoms with Gasteiger partial charge < -0.3 is 19.5 Å². The van der Waals surface area contributed by atoms with Crippen LogP contribution in [0.25, 0.3) is 0 Å². The number of rotatable bonds is 8. The van der Waals surface area contributed by atoms with Crippen LogP contribution in [-0.4, -0.2) is 61.3 Å². The van der Waals surface area contributed by atoms with Crippen LogP contribution in [0.5, 0.6) is 0 Å². The Hall–Kier alpha value is -2.28. The summed E-state index contributed by atoms with van der Waals surface area (Å²) in [6.07, 6.45) is 10.1. The van der Waals surface area contributed by atoms with E-state index in [9.17, 15) is 19.2 Å². The smallest absolute Gasteiger partial charge is 0.325 e. The van der Waals surface area contributed by atoms with Crippen LogP contribution in [0.3, 0.4) is 0 Å². The van der Waals surface area contributed by atoms with Gasteiger partial charge in [-0.2, -0.15) is 19.6 Å². The Morgan fingerprint density at radius 1 is 0.837 bits per heavy atom. The fourth-order valence-corrected chi connectivity index (χ4v) is 11.4. The average molecular weight is 692 g/mol. The molecule has 2 unspecified atom stereocenters. The molecule has 2 spiro atoms. The lowest BCUT2D eigenvalue weighted by atomic mass is 9.42. The van der Waals surface area contributed by atoms with Crippen LogP contribution in [0.1, 0.15) is 125 Å². The molecule has 12 heteroatoms. The number of hydrogen-bond donors (Lipinski definition) is 1. The summed E-state index contributed by atoms with van der Waals surface area (Å²) in [7, 11) is 1.29. The van der Waals surface area contributed by atoms with Crippen molar-refractivity contribution < 1.29 is 52.9 Å². The van der Waals surface area contributed by atoms with Crippen LogP contribution in [0, 0.1) is 46.3 Å². The highest BCUT2D eigenvalue weighted by Gasteiger charge is 2.69. The van der Waals surface area contributed by atoms with Crippen LogP contribution in [0.15, 0.2) is 0 Å². The molecule has 0 bridgehead atoms. The van der Waals surface area contributed by atoms with Gasteiger partial charge in [0.1, 0.15) is 18.8 Å². The Morgan fingerprint density at radius 2 is 1.51 bits per heavy atom. The summed E-state index contributed by atoms with van der Waals surface area (Å²) in [5.74, 6) is -2.26. The third-order valence-electron chi connectivity index (χ3n) is 13.9. The van der Waals surface area contributed by atoms with Gasteiger partial charge in [-0.05, 0) is 86.4 Å². The Labute approximate surface area is 290 Å². The minimum Gasteiger partial charge on any atom is -0.468 e. The molecule has 5 aliphatic carbocycles. The molecule has 1 heterocycles. The third-order valence-corrected chi connectivity index (χ3v) is 13.9. The maximum atomic E-state index is 12.7. The maximum Gasteiger partial charge on any atom is 0.325 e. The second kappa shape index (κ2) is 14.0. The van der Waals surface area contributed by atoms with E-state index in [0.717, 1.165) is 51.4 Å². The Balaban J connectivity index is 1.23. The molecule has 10 atom stereocenters. The van der Waals surface area contributed by atoms with E-state index in [1.165, 1.54) is 21.0 Å². The molecule has 12 nitrogen and oxygen atoms in total. The van der Waals surface area contributed by atoms with E-state index >= 15 is 0 Å². The Morgan fingerprint density at radius 3 is 2.16 bits per heavy atom. The van der Waals surface area contributed by atoms with E-state index in [1.807, 2.05) is 0 Å². The molecule has 6 aliphatic rings. The van der Waals surface area contributed by atoms with Gasteiger partial charge in [-0.1, -0.05) is 27.2 Å². The van der Waals surface area contributed by atoms with E-state index in [1.54, 1.807) is 0 Å². The van der Waals surface area contributed by atoms with Gasteiger partial charge in [-0.3, -0.25) is 19.2 Å². The molecule has 0 aromatic rings. The topological polar surface area (TPSA) is 145 Å². The van der Waals surface area contributed by atoms with Crippen molar-refractivity contribution in [2.45, 2.75) is 148 Å². The highest BCUT2D eigenvalue weighted by atomic mass is 17.4. The van der Waals surface area contributed by atoms with Gasteiger partial charge in [0.05, 0.1) is 7.11 Å². The molecule has 0 radical (unpaired) electrons. The number of esters is 3. The highest BCUT2D eigenvalue weighted by Crippen LogP contribution is 2.70. The summed E-state index contributed by atoms with van der Waals surface area (Å²) in [5.41, 5.74) is -0.502. The van der Waals surface area contributed by atoms with E-state index in [2.05, 4.69) is 30.8 Å². The standard InChI is InChI=1S/C37H57NO11/c1-22(10-13-31(41)38-21-32(42)43-6)26-11-12-27-33-28(19-30(35(26,27)5)45-24(3)40)34(4)16-17-37(20-25(34)18-29(33)44-23(2)39)48-46-36(47-49-37)14-8-7-9-15-36/h22,25-30,33H,7-21H2,1-6H3,(H,38,41)/t22?,25-,26?,27+,28+,29-,30+,33+,34+,35-/m1/s1. The number of carbonyl (C=O) groups is 4. The lowest BCUT2D eigenvalue weighted by Gasteiger charge is -2.65. The van der Waals surface area contributed by atoms with Crippen molar-refractivity contribution in [3.8, 4) is 0 Å². The van der Waals surface area contributed by atoms with Crippen molar-refractivity contribution in [2.24, 2.45) is 46.3 Å². The minimum atomic E-state index is -1.02. The third kappa shape index (κ3) is 6.88. The van der Waals surface area contributed by atoms with Gasteiger partial charge in [0.15, 0.2) is 0 Å². The number of carbonyl (C=O) groups excluding carboxylic acids is 4. The van der Waals surface area contributed by atoms with Gasteiger partial charge in [0.25, 0.3) is 0 Å². The van der Waals surface area contributed by atoms with Gasteiger partial charge in [-0.15, -0.1) is 0 Å². The first kappa shape index (κ1) is 36.5. The molecule has 5 saturated carbocycles.